The maximum Gasteiger partial charge on any atom is 0.500 e. The molecule has 0 aromatic carbocycles. The van der Waals surface area contributed by atoms with Gasteiger partial charge in [-0.05, 0) is 33.6 Å². The van der Waals surface area contributed by atoms with Crippen molar-refractivity contribution in [3.63, 3.8) is 0 Å². The first kappa shape index (κ1) is 25.1. The molecule has 0 spiro atoms. The number of hydrogen-bond acceptors (Lipinski definition) is 7. The minimum Gasteiger partial charge on any atom is -0.491 e. The van der Waals surface area contributed by atoms with Gasteiger partial charge in [-0.1, -0.05) is 39.0 Å². The van der Waals surface area contributed by atoms with Crippen molar-refractivity contribution in [1.29, 1.82) is 0 Å². The molecule has 0 saturated heterocycles. The number of rotatable bonds is 17. The lowest BCUT2D eigenvalue weighted by Gasteiger charge is -2.29. The average Bonchev–Trinajstić information content (AvgIpc) is 2.93. The molecule has 8 heteroatoms. The van der Waals surface area contributed by atoms with Gasteiger partial charge in [0.25, 0.3) is 11.8 Å². The molecule has 0 aliphatic carbocycles. The molecule has 0 saturated carbocycles. The van der Waals surface area contributed by atoms with Gasteiger partial charge >= 0.3 is 8.80 Å². The van der Waals surface area contributed by atoms with E-state index in [1.807, 2.05) is 30.6 Å². The molecule has 0 aromatic rings. The zero-order valence-corrected chi connectivity index (χ0v) is 19.4. The summed E-state index contributed by atoms with van der Waals surface area (Å²) in [7, 11) is -2.66. The van der Waals surface area contributed by atoms with E-state index >= 15 is 0 Å². The first-order chi connectivity index (χ1) is 13.5. The molecular formula is C20H42N2O5Si. The van der Waals surface area contributed by atoms with Crippen molar-refractivity contribution in [3.05, 3.63) is 11.8 Å². The first-order valence-electron chi connectivity index (χ1n) is 11.1. The molecule has 0 bridgehead atoms. The zero-order chi connectivity index (χ0) is 20.8. The smallest absolute Gasteiger partial charge is 0.491 e. The Morgan fingerprint density at radius 2 is 1.18 bits per heavy atom. The van der Waals surface area contributed by atoms with Crippen LogP contribution in [0.1, 0.15) is 72.6 Å². The Balaban J connectivity index is 2.43. The highest BCUT2D eigenvalue weighted by molar-refractivity contribution is 6.60. The molecule has 1 aliphatic heterocycles. The lowest BCUT2D eigenvalue weighted by Crippen LogP contribution is -2.46. The summed E-state index contributed by atoms with van der Waals surface area (Å²) in [5, 5.41) is 20.5. The van der Waals surface area contributed by atoms with E-state index < -0.39 is 8.80 Å². The highest BCUT2D eigenvalue weighted by Gasteiger charge is 2.40. The summed E-state index contributed by atoms with van der Waals surface area (Å²) in [6.45, 7) is 11.7. The van der Waals surface area contributed by atoms with Gasteiger partial charge in [-0.25, -0.2) is 0 Å². The molecule has 1 aliphatic rings. The van der Waals surface area contributed by atoms with E-state index in [4.69, 9.17) is 13.3 Å². The highest BCUT2D eigenvalue weighted by atomic mass is 28.4. The van der Waals surface area contributed by atoms with Gasteiger partial charge in [0.1, 0.15) is 0 Å². The van der Waals surface area contributed by atoms with Crippen LogP contribution >= 0.6 is 0 Å². The first-order valence-corrected chi connectivity index (χ1v) is 13.0. The Morgan fingerprint density at radius 1 is 0.714 bits per heavy atom. The minimum atomic E-state index is -2.66. The Kier molecular flexibility index (Phi) is 12.6. The molecule has 2 N–H and O–H groups in total. The monoisotopic (exact) mass is 418 g/mol. The fraction of sp³-hybridized carbons (Fsp3) is 0.900. The van der Waals surface area contributed by atoms with Gasteiger partial charge in [-0.3, -0.25) is 0 Å². The molecule has 0 unspecified atom stereocenters. The third-order valence-electron chi connectivity index (χ3n) is 4.93. The maximum atomic E-state index is 10.3. The van der Waals surface area contributed by atoms with E-state index in [1.165, 1.54) is 25.7 Å². The van der Waals surface area contributed by atoms with E-state index in [0.29, 0.717) is 39.1 Å². The van der Waals surface area contributed by atoms with Gasteiger partial charge in [-0.2, -0.15) is 0 Å². The predicted molar refractivity (Wildman–Crippen MR) is 114 cm³/mol. The molecule has 7 nitrogen and oxygen atoms in total. The number of unbranched alkanes of at least 4 members (excludes halogenated alkanes) is 5. The number of aliphatic hydroxyl groups excluding tert-OH is 2. The number of nitrogens with zero attached hydrogens (tertiary/aromatic N) is 2. The van der Waals surface area contributed by atoms with Gasteiger partial charge in [0, 0.05) is 39.0 Å². The second-order valence-corrected chi connectivity index (χ2v) is 9.90. The second kappa shape index (κ2) is 14.1. The van der Waals surface area contributed by atoms with Crippen LogP contribution < -0.4 is 0 Å². The van der Waals surface area contributed by atoms with Crippen LogP contribution in [0.25, 0.3) is 0 Å². The molecule has 0 aromatic heterocycles. The van der Waals surface area contributed by atoms with Crippen molar-refractivity contribution in [1.82, 2.24) is 9.80 Å². The largest absolute Gasteiger partial charge is 0.500 e. The van der Waals surface area contributed by atoms with Crippen LogP contribution in [0.2, 0.25) is 6.04 Å². The van der Waals surface area contributed by atoms with Gasteiger partial charge < -0.3 is 33.3 Å². The van der Waals surface area contributed by atoms with Gasteiger partial charge in [0.15, 0.2) is 0 Å². The van der Waals surface area contributed by atoms with Gasteiger partial charge in [0.2, 0.25) is 0 Å². The van der Waals surface area contributed by atoms with Crippen molar-refractivity contribution in [3.8, 4) is 0 Å². The third kappa shape index (κ3) is 8.19. The van der Waals surface area contributed by atoms with Crippen LogP contribution in [-0.4, -0.2) is 68.4 Å². The van der Waals surface area contributed by atoms with Crippen molar-refractivity contribution in [2.45, 2.75) is 78.7 Å². The standard InChI is InChI=1S/C20H42N2O5Si/c1-5-9-10-11-12-13-15-21-18-22(20(24)19(21)23)16-14-17-28(25-6-2,26-7-3)27-8-4/h23-24H,5-18H2,1-4H3. The summed E-state index contributed by atoms with van der Waals surface area (Å²) in [5.41, 5.74) is 0. The summed E-state index contributed by atoms with van der Waals surface area (Å²) in [4.78, 5) is 3.67. The van der Waals surface area contributed by atoms with Gasteiger partial charge in [0.05, 0.1) is 6.67 Å². The van der Waals surface area contributed by atoms with Crippen molar-refractivity contribution >= 4 is 8.80 Å². The number of hydrogen-bond donors (Lipinski definition) is 2. The van der Waals surface area contributed by atoms with Crippen molar-refractivity contribution in [2.75, 3.05) is 39.6 Å². The van der Waals surface area contributed by atoms with Crippen molar-refractivity contribution in [2.24, 2.45) is 0 Å². The summed E-state index contributed by atoms with van der Waals surface area (Å²) in [6.07, 6.45) is 8.02. The molecule has 166 valence electrons. The lowest BCUT2D eigenvalue weighted by atomic mass is 10.1. The lowest BCUT2D eigenvalue weighted by molar-refractivity contribution is 0.0694. The predicted octanol–water partition coefficient (Wildman–Crippen LogP) is 4.60. The third-order valence-corrected chi connectivity index (χ3v) is 8.08. The van der Waals surface area contributed by atoms with Crippen LogP contribution in [0, 0.1) is 0 Å². The quantitative estimate of drug-likeness (QED) is 0.264. The van der Waals surface area contributed by atoms with Gasteiger partial charge in [-0.15, -0.1) is 0 Å². The van der Waals surface area contributed by atoms with Crippen LogP contribution in [0.5, 0.6) is 0 Å². The Bertz CT molecular complexity index is 433. The number of aliphatic hydroxyl groups is 2. The Hall–Kier alpha value is -0.963. The highest BCUT2D eigenvalue weighted by Crippen LogP contribution is 2.23. The fourth-order valence-corrected chi connectivity index (χ4v) is 6.14. The summed E-state index contributed by atoms with van der Waals surface area (Å²) < 4.78 is 17.6. The molecule has 0 atom stereocenters. The minimum absolute atomic E-state index is 0.00325. The van der Waals surface area contributed by atoms with E-state index in [0.717, 1.165) is 25.8 Å². The zero-order valence-electron chi connectivity index (χ0n) is 18.4. The average molecular weight is 419 g/mol. The van der Waals surface area contributed by atoms with E-state index in [9.17, 15) is 10.2 Å². The molecule has 0 amide bonds. The normalized spacial score (nSPS) is 15.1. The fourth-order valence-electron chi connectivity index (χ4n) is 3.55. The second-order valence-electron chi connectivity index (χ2n) is 7.17. The van der Waals surface area contributed by atoms with Crippen LogP contribution in [-0.2, 0) is 13.3 Å². The van der Waals surface area contributed by atoms with Crippen molar-refractivity contribution < 1.29 is 23.5 Å². The SMILES string of the molecule is CCCCCCCCN1CN(CCC[Si](OCC)(OCC)OCC)C(O)=C1O. The summed E-state index contributed by atoms with van der Waals surface area (Å²) in [6, 6.07) is 0.699. The summed E-state index contributed by atoms with van der Waals surface area (Å²) in [5.74, 6) is -0.0287. The van der Waals surface area contributed by atoms with Crippen LogP contribution in [0.15, 0.2) is 11.8 Å². The van der Waals surface area contributed by atoms with E-state index in [2.05, 4.69) is 6.92 Å². The van der Waals surface area contributed by atoms with E-state index in [1.54, 1.807) is 0 Å². The topological polar surface area (TPSA) is 74.6 Å². The Labute approximate surface area is 172 Å². The molecule has 1 rings (SSSR count). The molecule has 1 heterocycles. The Morgan fingerprint density at radius 3 is 1.68 bits per heavy atom. The summed E-state index contributed by atoms with van der Waals surface area (Å²) >= 11 is 0. The van der Waals surface area contributed by atoms with Crippen LogP contribution in [0.4, 0.5) is 0 Å². The molecule has 0 radical (unpaired) electrons. The van der Waals surface area contributed by atoms with Crippen LogP contribution in [0.3, 0.4) is 0 Å². The molecule has 0 fully saturated rings. The molecule has 28 heavy (non-hydrogen) atoms. The van der Waals surface area contributed by atoms with E-state index in [-0.39, 0.29) is 11.8 Å². The maximum absolute atomic E-state index is 10.3. The molecular weight excluding hydrogens is 376 g/mol.